The summed E-state index contributed by atoms with van der Waals surface area (Å²) in [5.74, 6) is -0.238. The van der Waals surface area contributed by atoms with Gasteiger partial charge in [-0.3, -0.25) is 0 Å². The van der Waals surface area contributed by atoms with Crippen molar-refractivity contribution in [3.63, 3.8) is 0 Å². The Balaban J connectivity index is 1.80. The Labute approximate surface area is 124 Å². The van der Waals surface area contributed by atoms with Crippen LogP contribution in [0.5, 0.6) is 0 Å². The SMILES string of the molecule is NCC(OC1CCCc2ccccc21)c1ccc(F)cc1. The van der Waals surface area contributed by atoms with Gasteiger partial charge in [-0.1, -0.05) is 36.4 Å². The van der Waals surface area contributed by atoms with Gasteiger partial charge in [0, 0.05) is 6.54 Å². The fourth-order valence-electron chi connectivity index (χ4n) is 3.00. The van der Waals surface area contributed by atoms with Crippen molar-refractivity contribution in [2.45, 2.75) is 31.5 Å². The highest BCUT2D eigenvalue weighted by atomic mass is 19.1. The van der Waals surface area contributed by atoms with E-state index in [0.29, 0.717) is 6.54 Å². The minimum atomic E-state index is -0.238. The van der Waals surface area contributed by atoms with Crippen LogP contribution in [-0.2, 0) is 11.2 Å². The highest BCUT2D eigenvalue weighted by molar-refractivity contribution is 5.31. The molecule has 2 N–H and O–H groups in total. The van der Waals surface area contributed by atoms with Crippen LogP contribution in [0.2, 0.25) is 0 Å². The van der Waals surface area contributed by atoms with Gasteiger partial charge in [-0.05, 0) is 48.1 Å². The molecular weight excluding hydrogens is 265 g/mol. The van der Waals surface area contributed by atoms with Gasteiger partial charge in [0.2, 0.25) is 0 Å². The molecule has 0 heterocycles. The summed E-state index contributed by atoms with van der Waals surface area (Å²) in [5, 5.41) is 0. The van der Waals surface area contributed by atoms with Crippen LogP contribution in [-0.4, -0.2) is 6.54 Å². The number of benzene rings is 2. The summed E-state index contributed by atoms with van der Waals surface area (Å²) in [7, 11) is 0. The summed E-state index contributed by atoms with van der Waals surface area (Å²) >= 11 is 0. The average Bonchev–Trinajstić information content (AvgIpc) is 2.54. The molecule has 2 nitrogen and oxygen atoms in total. The van der Waals surface area contributed by atoms with E-state index in [4.69, 9.17) is 10.5 Å². The van der Waals surface area contributed by atoms with Crippen LogP contribution in [0.1, 0.15) is 41.7 Å². The lowest BCUT2D eigenvalue weighted by atomic mass is 9.89. The minimum Gasteiger partial charge on any atom is -0.364 e. The molecule has 2 aromatic rings. The molecule has 3 heteroatoms. The van der Waals surface area contributed by atoms with E-state index < -0.39 is 0 Å². The third-order valence-corrected chi connectivity index (χ3v) is 4.10. The smallest absolute Gasteiger partial charge is 0.123 e. The van der Waals surface area contributed by atoms with Gasteiger partial charge < -0.3 is 10.5 Å². The third-order valence-electron chi connectivity index (χ3n) is 4.10. The second-order valence-corrected chi connectivity index (χ2v) is 5.49. The van der Waals surface area contributed by atoms with Crippen molar-refractivity contribution in [1.82, 2.24) is 0 Å². The van der Waals surface area contributed by atoms with Crippen LogP contribution in [0.25, 0.3) is 0 Å². The molecule has 110 valence electrons. The predicted molar refractivity (Wildman–Crippen MR) is 81.4 cm³/mol. The molecule has 21 heavy (non-hydrogen) atoms. The Morgan fingerprint density at radius 2 is 1.90 bits per heavy atom. The molecule has 0 fully saturated rings. The van der Waals surface area contributed by atoms with Gasteiger partial charge in [0.25, 0.3) is 0 Å². The van der Waals surface area contributed by atoms with Gasteiger partial charge in [-0.25, -0.2) is 4.39 Å². The van der Waals surface area contributed by atoms with E-state index in [0.717, 1.165) is 24.8 Å². The maximum atomic E-state index is 13.0. The maximum absolute atomic E-state index is 13.0. The molecule has 0 bridgehead atoms. The molecule has 2 atom stereocenters. The molecule has 1 aliphatic rings. The van der Waals surface area contributed by atoms with Gasteiger partial charge in [0.1, 0.15) is 5.82 Å². The van der Waals surface area contributed by atoms with E-state index in [2.05, 4.69) is 24.3 Å². The lowest BCUT2D eigenvalue weighted by molar-refractivity contribution is -0.0192. The van der Waals surface area contributed by atoms with E-state index in [1.165, 1.54) is 23.3 Å². The number of aryl methyl sites for hydroxylation is 1. The normalized spacial score (nSPS) is 19.0. The summed E-state index contributed by atoms with van der Waals surface area (Å²) in [6, 6.07) is 14.8. The maximum Gasteiger partial charge on any atom is 0.123 e. The van der Waals surface area contributed by atoms with Crippen LogP contribution in [0.3, 0.4) is 0 Å². The van der Waals surface area contributed by atoms with Crippen LogP contribution in [0.4, 0.5) is 4.39 Å². The van der Waals surface area contributed by atoms with Crippen molar-refractivity contribution in [3.05, 3.63) is 71.0 Å². The Morgan fingerprint density at radius 1 is 1.14 bits per heavy atom. The molecule has 0 saturated heterocycles. The third kappa shape index (κ3) is 3.14. The topological polar surface area (TPSA) is 35.2 Å². The highest BCUT2D eigenvalue weighted by Crippen LogP contribution is 2.35. The number of rotatable bonds is 4. The van der Waals surface area contributed by atoms with Gasteiger partial charge in [0.05, 0.1) is 12.2 Å². The van der Waals surface area contributed by atoms with Gasteiger partial charge in [-0.2, -0.15) is 0 Å². The second-order valence-electron chi connectivity index (χ2n) is 5.49. The first-order chi connectivity index (χ1) is 10.3. The fourth-order valence-corrected chi connectivity index (χ4v) is 3.00. The number of ether oxygens (including phenoxy) is 1. The quantitative estimate of drug-likeness (QED) is 0.924. The van der Waals surface area contributed by atoms with Gasteiger partial charge >= 0.3 is 0 Å². The van der Waals surface area contributed by atoms with Crippen molar-refractivity contribution in [2.75, 3.05) is 6.54 Å². The molecule has 0 aromatic heterocycles. The molecule has 3 rings (SSSR count). The monoisotopic (exact) mass is 285 g/mol. The fraction of sp³-hybridized carbons (Fsp3) is 0.333. The zero-order chi connectivity index (χ0) is 14.7. The average molecular weight is 285 g/mol. The van der Waals surface area contributed by atoms with Gasteiger partial charge in [-0.15, -0.1) is 0 Å². The number of hydrogen-bond acceptors (Lipinski definition) is 2. The van der Waals surface area contributed by atoms with E-state index in [9.17, 15) is 4.39 Å². The Morgan fingerprint density at radius 3 is 2.67 bits per heavy atom. The molecular formula is C18H20FNO. The van der Waals surface area contributed by atoms with Crippen molar-refractivity contribution in [3.8, 4) is 0 Å². The first-order valence-corrected chi connectivity index (χ1v) is 7.46. The summed E-state index contributed by atoms with van der Waals surface area (Å²) < 4.78 is 19.3. The molecule has 0 amide bonds. The summed E-state index contributed by atoms with van der Waals surface area (Å²) in [4.78, 5) is 0. The summed E-state index contributed by atoms with van der Waals surface area (Å²) in [6.45, 7) is 0.393. The summed E-state index contributed by atoms with van der Waals surface area (Å²) in [5.41, 5.74) is 9.43. The highest BCUT2D eigenvalue weighted by Gasteiger charge is 2.24. The van der Waals surface area contributed by atoms with E-state index in [1.807, 2.05) is 0 Å². The number of hydrogen-bond donors (Lipinski definition) is 1. The molecule has 0 spiro atoms. The molecule has 0 radical (unpaired) electrons. The van der Waals surface area contributed by atoms with Crippen LogP contribution >= 0.6 is 0 Å². The largest absolute Gasteiger partial charge is 0.364 e. The van der Waals surface area contributed by atoms with E-state index in [1.54, 1.807) is 12.1 Å². The first-order valence-electron chi connectivity index (χ1n) is 7.46. The Kier molecular flexibility index (Phi) is 4.32. The van der Waals surface area contributed by atoms with Crippen molar-refractivity contribution in [2.24, 2.45) is 5.73 Å². The molecule has 2 aromatic carbocycles. The second kappa shape index (κ2) is 6.37. The molecule has 2 unspecified atom stereocenters. The Bertz CT molecular complexity index is 596. The number of nitrogens with two attached hydrogens (primary N) is 1. The van der Waals surface area contributed by atoms with Crippen molar-refractivity contribution < 1.29 is 9.13 Å². The molecule has 0 saturated carbocycles. The zero-order valence-electron chi connectivity index (χ0n) is 12.0. The van der Waals surface area contributed by atoms with Crippen LogP contribution in [0, 0.1) is 5.82 Å². The van der Waals surface area contributed by atoms with E-state index >= 15 is 0 Å². The Hall–Kier alpha value is -1.71. The van der Waals surface area contributed by atoms with E-state index in [-0.39, 0.29) is 18.0 Å². The van der Waals surface area contributed by atoms with Gasteiger partial charge in [0.15, 0.2) is 0 Å². The number of halogens is 1. The lowest BCUT2D eigenvalue weighted by Gasteiger charge is -2.29. The summed E-state index contributed by atoms with van der Waals surface area (Å²) in [6.07, 6.45) is 3.13. The molecule has 1 aliphatic carbocycles. The minimum absolute atomic E-state index is 0.0774. The lowest BCUT2D eigenvalue weighted by Crippen LogP contribution is -2.21. The zero-order valence-corrected chi connectivity index (χ0v) is 12.0. The molecule has 0 aliphatic heterocycles. The van der Waals surface area contributed by atoms with Crippen LogP contribution in [0.15, 0.2) is 48.5 Å². The van der Waals surface area contributed by atoms with Crippen LogP contribution < -0.4 is 5.73 Å². The standard InChI is InChI=1S/C18H20FNO/c19-15-10-8-14(9-11-15)18(12-20)21-17-7-3-5-13-4-1-2-6-16(13)17/h1-2,4,6,8-11,17-18H,3,5,7,12,20H2. The number of fused-ring (bicyclic) bond motifs is 1. The van der Waals surface area contributed by atoms with Crippen molar-refractivity contribution >= 4 is 0 Å². The predicted octanol–water partition coefficient (Wildman–Crippen LogP) is 3.92. The van der Waals surface area contributed by atoms with Crippen molar-refractivity contribution in [1.29, 1.82) is 0 Å². The first kappa shape index (κ1) is 14.2.